The van der Waals surface area contributed by atoms with Crippen molar-refractivity contribution in [2.24, 2.45) is 13.0 Å². The molecule has 1 N–H and O–H groups in total. The highest BCUT2D eigenvalue weighted by atomic mass is 79.9. The smallest absolute Gasteiger partial charge is 0.265 e. The predicted octanol–water partition coefficient (Wildman–Crippen LogP) is 2.16. The summed E-state index contributed by atoms with van der Waals surface area (Å²) >= 11 is 3.47. The molecule has 3 rings (SSSR count). The third-order valence-corrected chi connectivity index (χ3v) is 5.62. The van der Waals surface area contributed by atoms with E-state index in [0.717, 1.165) is 15.9 Å². The molecule has 0 aliphatic heterocycles. The fourth-order valence-corrected chi connectivity index (χ4v) is 4.62. The van der Waals surface area contributed by atoms with Crippen LogP contribution in [0.15, 0.2) is 35.1 Å². The van der Waals surface area contributed by atoms with Crippen molar-refractivity contribution in [2.75, 3.05) is 5.75 Å². The highest BCUT2D eigenvalue weighted by Crippen LogP contribution is 2.52. The molecule has 0 unspecified atom stereocenters. The summed E-state index contributed by atoms with van der Waals surface area (Å²) < 4.78 is 34.1. The number of hydrogen-bond acceptors (Lipinski definition) is 4. The van der Waals surface area contributed by atoms with Gasteiger partial charge in [0.25, 0.3) is 10.1 Å². The first-order valence-electron chi connectivity index (χ1n) is 6.86. The van der Waals surface area contributed by atoms with Gasteiger partial charge in [-0.1, -0.05) is 28.1 Å². The number of nitrogens with zero attached hydrogens (tertiary/aromatic N) is 3. The first-order valence-corrected chi connectivity index (χ1v) is 9.26. The van der Waals surface area contributed by atoms with Gasteiger partial charge in [-0.25, -0.2) is 0 Å². The van der Waals surface area contributed by atoms with Crippen molar-refractivity contribution in [3.8, 4) is 0 Å². The summed E-state index contributed by atoms with van der Waals surface area (Å²) in [5.41, 5.74) is 0.717. The Morgan fingerprint density at radius 2 is 2.18 bits per heavy atom. The molecule has 0 amide bonds. The summed E-state index contributed by atoms with van der Waals surface area (Å²) in [6.07, 6.45) is 2.89. The normalized spacial score (nSPS) is 25.0. The van der Waals surface area contributed by atoms with Crippen LogP contribution in [-0.4, -0.2) is 33.5 Å². The summed E-state index contributed by atoms with van der Waals surface area (Å²) in [5.74, 6) is 0.531. The monoisotopic (exact) mass is 385 g/mol. The van der Waals surface area contributed by atoms with Gasteiger partial charge in [-0.2, -0.15) is 8.42 Å². The fraction of sp³-hybridized carbons (Fsp3) is 0.429. The molecule has 0 atom stereocenters. The van der Waals surface area contributed by atoms with Crippen LogP contribution in [0.4, 0.5) is 0 Å². The van der Waals surface area contributed by atoms with E-state index in [2.05, 4.69) is 26.1 Å². The molecule has 1 aromatic heterocycles. The predicted molar refractivity (Wildman–Crippen MR) is 85.1 cm³/mol. The average Bonchev–Trinajstić information content (AvgIpc) is 2.78. The number of aryl methyl sites for hydroxylation is 1. The maximum Gasteiger partial charge on any atom is 0.265 e. The Labute approximate surface area is 137 Å². The van der Waals surface area contributed by atoms with Crippen molar-refractivity contribution >= 4 is 26.0 Å². The van der Waals surface area contributed by atoms with Crippen LogP contribution in [0.2, 0.25) is 0 Å². The SMILES string of the molecule is Cn1cnnc1C1(c2cccc(Br)c2)CC(CS(=O)(=O)O)C1. The van der Waals surface area contributed by atoms with Crippen LogP contribution >= 0.6 is 15.9 Å². The van der Waals surface area contributed by atoms with Gasteiger partial charge in [0, 0.05) is 11.5 Å². The van der Waals surface area contributed by atoms with E-state index in [1.54, 1.807) is 6.33 Å². The summed E-state index contributed by atoms with van der Waals surface area (Å²) in [5, 5.41) is 8.18. The van der Waals surface area contributed by atoms with E-state index in [1.165, 1.54) is 0 Å². The van der Waals surface area contributed by atoms with Crippen LogP contribution in [-0.2, 0) is 22.6 Å². The van der Waals surface area contributed by atoms with Gasteiger partial charge >= 0.3 is 0 Å². The summed E-state index contributed by atoms with van der Waals surface area (Å²) in [4.78, 5) is 0. The van der Waals surface area contributed by atoms with Crippen molar-refractivity contribution in [2.45, 2.75) is 18.3 Å². The van der Waals surface area contributed by atoms with Crippen LogP contribution in [0.5, 0.6) is 0 Å². The molecule has 1 fully saturated rings. The molecule has 0 saturated heterocycles. The van der Waals surface area contributed by atoms with Gasteiger partial charge in [0.2, 0.25) is 0 Å². The Morgan fingerprint density at radius 3 is 2.73 bits per heavy atom. The largest absolute Gasteiger partial charge is 0.320 e. The molecule has 1 aliphatic carbocycles. The Kier molecular flexibility index (Phi) is 3.86. The lowest BCUT2D eigenvalue weighted by molar-refractivity contribution is 0.185. The first-order chi connectivity index (χ1) is 10.3. The maximum absolute atomic E-state index is 11.1. The molecule has 6 nitrogen and oxygen atoms in total. The van der Waals surface area contributed by atoms with Crippen molar-refractivity contribution in [1.82, 2.24) is 14.8 Å². The third kappa shape index (κ3) is 2.82. The van der Waals surface area contributed by atoms with Crippen LogP contribution in [0, 0.1) is 5.92 Å². The highest BCUT2D eigenvalue weighted by Gasteiger charge is 2.50. The van der Waals surface area contributed by atoms with E-state index in [0.29, 0.717) is 12.8 Å². The second kappa shape index (κ2) is 5.43. The van der Waals surface area contributed by atoms with Crippen molar-refractivity contribution < 1.29 is 13.0 Å². The van der Waals surface area contributed by atoms with Crippen LogP contribution < -0.4 is 0 Å². The summed E-state index contributed by atoms with van der Waals surface area (Å²) in [7, 11) is -2.08. The minimum absolute atomic E-state index is 0.0781. The number of rotatable bonds is 4. The molecule has 1 heterocycles. The van der Waals surface area contributed by atoms with E-state index in [9.17, 15) is 8.42 Å². The number of aromatic nitrogens is 3. The van der Waals surface area contributed by atoms with Gasteiger partial charge in [-0.15, -0.1) is 10.2 Å². The van der Waals surface area contributed by atoms with Crippen LogP contribution in [0.1, 0.15) is 24.2 Å². The van der Waals surface area contributed by atoms with Gasteiger partial charge in [0.05, 0.1) is 11.2 Å². The first kappa shape index (κ1) is 15.6. The molecule has 0 spiro atoms. The maximum atomic E-state index is 11.1. The Balaban J connectivity index is 1.98. The second-order valence-corrected chi connectivity index (χ2v) is 8.29. The zero-order valence-corrected chi connectivity index (χ0v) is 14.4. The van der Waals surface area contributed by atoms with Crippen molar-refractivity contribution in [1.29, 1.82) is 0 Å². The molecular weight excluding hydrogens is 370 g/mol. The van der Waals surface area contributed by atoms with E-state index >= 15 is 0 Å². The van der Waals surface area contributed by atoms with Crippen molar-refractivity contribution in [3.63, 3.8) is 0 Å². The van der Waals surface area contributed by atoms with E-state index in [-0.39, 0.29) is 17.1 Å². The molecule has 0 radical (unpaired) electrons. The number of benzene rings is 1. The summed E-state index contributed by atoms with van der Waals surface area (Å²) in [6, 6.07) is 7.94. The lowest BCUT2D eigenvalue weighted by atomic mass is 9.58. The molecule has 8 heteroatoms. The lowest BCUT2D eigenvalue weighted by Gasteiger charge is -2.47. The van der Waals surface area contributed by atoms with Gasteiger partial charge in [-0.3, -0.25) is 4.55 Å². The topological polar surface area (TPSA) is 85.1 Å². The minimum atomic E-state index is -3.96. The molecule has 118 valence electrons. The molecule has 1 aliphatic rings. The Morgan fingerprint density at radius 1 is 1.45 bits per heavy atom. The van der Waals surface area contributed by atoms with E-state index in [4.69, 9.17) is 4.55 Å². The zero-order valence-electron chi connectivity index (χ0n) is 12.0. The molecule has 22 heavy (non-hydrogen) atoms. The standard InChI is InChI=1S/C14H16BrN3O3S/c1-18-9-16-17-13(18)14(11-3-2-4-12(15)5-11)6-10(7-14)8-22(19,20)21/h2-5,9-10H,6-8H2,1H3,(H,19,20,21). The van der Waals surface area contributed by atoms with Gasteiger partial charge in [0.15, 0.2) is 0 Å². The molecule has 1 aromatic carbocycles. The molecule has 2 aromatic rings. The minimum Gasteiger partial charge on any atom is -0.320 e. The summed E-state index contributed by atoms with van der Waals surface area (Å²) in [6.45, 7) is 0. The number of hydrogen-bond donors (Lipinski definition) is 1. The molecule has 1 saturated carbocycles. The Bertz CT molecular complexity index is 797. The second-order valence-electron chi connectivity index (χ2n) is 5.88. The van der Waals surface area contributed by atoms with Crippen molar-refractivity contribution in [3.05, 3.63) is 46.5 Å². The average molecular weight is 386 g/mol. The quantitative estimate of drug-likeness (QED) is 0.814. The highest BCUT2D eigenvalue weighted by molar-refractivity contribution is 9.10. The van der Waals surface area contributed by atoms with Crippen LogP contribution in [0.25, 0.3) is 0 Å². The Hall–Kier alpha value is -1.25. The van der Waals surface area contributed by atoms with Gasteiger partial charge < -0.3 is 4.57 Å². The zero-order chi connectivity index (χ0) is 16.0. The molecular formula is C14H16BrN3O3S. The van der Waals surface area contributed by atoms with E-state index < -0.39 is 10.1 Å². The van der Waals surface area contributed by atoms with Gasteiger partial charge in [-0.05, 0) is 36.5 Å². The van der Waals surface area contributed by atoms with Crippen LogP contribution in [0.3, 0.4) is 0 Å². The molecule has 0 bridgehead atoms. The third-order valence-electron chi connectivity index (χ3n) is 4.24. The fourth-order valence-electron chi connectivity index (χ4n) is 3.39. The van der Waals surface area contributed by atoms with E-state index in [1.807, 2.05) is 35.9 Å². The van der Waals surface area contributed by atoms with Gasteiger partial charge in [0.1, 0.15) is 12.2 Å². The lowest BCUT2D eigenvalue weighted by Crippen LogP contribution is -2.46. The number of halogens is 1.